The fraction of sp³-hybridized carbons (Fsp3) is 0.750. The fourth-order valence-corrected chi connectivity index (χ4v) is 1.08. The first-order valence-electron chi connectivity index (χ1n) is 2.91. The van der Waals surface area contributed by atoms with Crippen LogP contribution in [-0.4, -0.2) is 39.7 Å². The molecule has 0 fully saturated rings. The Labute approximate surface area is 68.5 Å². The molecule has 0 saturated heterocycles. The molecule has 0 aliphatic rings. The van der Waals surface area contributed by atoms with Crippen LogP contribution in [0.2, 0.25) is 0 Å². The Morgan fingerprint density at radius 1 is 1.67 bits per heavy atom. The fourth-order valence-electron chi connectivity index (χ4n) is 0.564. The van der Waals surface area contributed by atoms with Crippen LogP contribution < -0.4 is 10.4 Å². The minimum absolute atomic E-state index is 0.708. The number of hydrogen-bond acceptors (Lipinski definition) is 6. The Bertz CT molecular complexity index is 184. The highest BCUT2D eigenvalue weighted by Crippen LogP contribution is 2.10. The quantitative estimate of drug-likeness (QED) is 0.293. The number of aliphatic hydroxyl groups excluding tert-OH is 1. The highest BCUT2D eigenvalue weighted by Gasteiger charge is 2.29. The molecular weight excluding hydrogens is 189 g/mol. The Balaban J connectivity index is 4.11. The van der Waals surface area contributed by atoms with E-state index < -0.39 is 32.3 Å². The first kappa shape index (κ1) is 11.4. The molecule has 70 valence electrons. The summed E-state index contributed by atoms with van der Waals surface area (Å²) in [6.45, 7) is 0. The molecule has 0 aromatic heterocycles. The van der Waals surface area contributed by atoms with Crippen LogP contribution in [0.5, 0.6) is 0 Å². The van der Waals surface area contributed by atoms with E-state index in [1.165, 1.54) is 5.48 Å². The summed E-state index contributed by atoms with van der Waals surface area (Å²) in [7, 11) is -2.87. The maximum absolute atomic E-state index is 10.2. The Morgan fingerprint density at radius 2 is 2.17 bits per heavy atom. The minimum atomic E-state index is -2.87. The van der Waals surface area contributed by atoms with Gasteiger partial charge >= 0.3 is 14.0 Å². The van der Waals surface area contributed by atoms with Crippen LogP contribution in [0.4, 0.5) is 0 Å². The molecule has 0 spiro atoms. The Morgan fingerprint density at radius 3 is 2.42 bits per heavy atom. The molecule has 0 aliphatic carbocycles. The molecule has 7 nitrogen and oxygen atoms in total. The van der Waals surface area contributed by atoms with E-state index in [0.29, 0.717) is 0 Å². The zero-order valence-electron chi connectivity index (χ0n) is 5.88. The van der Waals surface area contributed by atoms with Gasteiger partial charge in [-0.15, -0.1) is 0 Å². The van der Waals surface area contributed by atoms with Gasteiger partial charge in [-0.05, 0) is 0 Å². The normalized spacial score (nSPS) is 16.8. The number of aliphatic carboxylic acids is 1. The average molecular weight is 197 g/mol. The molecule has 12 heavy (non-hydrogen) atoms. The topological polar surface area (TPSA) is 130 Å². The smallest absolute Gasteiger partial charge is 0.325 e. The number of hydrogen-bond donors (Lipinski definition) is 4. The van der Waals surface area contributed by atoms with Crippen molar-refractivity contribution in [1.29, 1.82) is 0 Å². The van der Waals surface area contributed by atoms with Crippen molar-refractivity contribution in [2.45, 2.75) is 12.1 Å². The highest BCUT2D eigenvalue weighted by atomic mass is 31.1. The Hall–Kier alpha value is -0.590. The number of carboxylic acid groups (broad SMARTS) is 1. The van der Waals surface area contributed by atoms with Crippen LogP contribution in [0.15, 0.2) is 0 Å². The summed E-state index contributed by atoms with van der Waals surface area (Å²) in [6.07, 6.45) is -2.37. The predicted molar refractivity (Wildman–Crippen MR) is 34.8 cm³/mol. The van der Waals surface area contributed by atoms with Crippen LogP contribution in [0.25, 0.3) is 0 Å². The van der Waals surface area contributed by atoms with E-state index in [-0.39, 0.29) is 0 Å². The summed E-state index contributed by atoms with van der Waals surface area (Å²) in [4.78, 5) is 20.2. The van der Waals surface area contributed by atoms with Gasteiger partial charge in [0, 0.05) is 0 Å². The van der Waals surface area contributed by atoms with Gasteiger partial charge in [0.25, 0.3) is 0 Å². The number of hydroxylamine groups is 1. The monoisotopic (exact) mass is 197 g/mol. The van der Waals surface area contributed by atoms with Gasteiger partial charge in [0.2, 0.25) is 0 Å². The first-order valence-corrected chi connectivity index (χ1v) is 4.27. The van der Waals surface area contributed by atoms with Gasteiger partial charge < -0.3 is 20.3 Å². The van der Waals surface area contributed by atoms with Crippen LogP contribution >= 0.6 is 8.03 Å². The highest BCUT2D eigenvalue weighted by molar-refractivity contribution is 7.36. The summed E-state index contributed by atoms with van der Waals surface area (Å²) in [5, 5.41) is 25.3. The van der Waals surface area contributed by atoms with Crippen molar-refractivity contribution in [3.05, 3.63) is 0 Å². The standard InChI is InChI=1S/C4H8NO6P/c6-2(1-12(10)11)3(5-9)4(7)8/h2-3,5-6,9H,1H2,(H,7,8). The summed E-state index contributed by atoms with van der Waals surface area (Å²) < 4.78 is 10.0. The van der Waals surface area contributed by atoms with Gasteiger partial charge in [-0.1, -0.05) is 4.57 Å². The number of aliphatic hydroxyl groups is 1. The third kappa shape index (κ3) is 3.70. The summed E-state index contributed by atoms with van der Waals surface area (Å²) >= 11 is 0. The van der Waals surface area contributed by atoms with Crippen molar-refractivity contribution in [3.8, 4) is 0 Å². The number of carbonyl (C=O) groups is 1. The molecule has 0 aliphatic heterocycles. The molecule has 0 amide bonds. The average Bonchev–Trinajstić information content (AvgIpc) is 1.85. The second-order valence-corrected chi connectivity index (χ2v) is 3.06. The molecule has 0 saturated carbocycles. The number of nitrogens with one attached hydrogen (secondary N) is 1. The maximum Gasteiger partial charge on any atom is 0.325 e. The number of carboxylic acids is 1. The molecule has 0 bridgehead atoms. The second kappa shape index (κ2) is 5.13. The lowest BCUT2D eigenvalue weighted by Gasteiger charge is -2.13. The number of rotatable bonds is 5. The lowest BCUT2D eigenvalue weighted by molar-refractivity contribution is -0.166. The SMILES string of the molecule is O=C(O)C(NO)C(O)C[P+](=O)[O-]. The van der Waals surface area contributed by atoms with Crippen LogP contribution in [0.1, 0.15) is 0 Å². The molecule has 0 heterocycles. The summed E-state index contributed by atoms with van der Waals surface area (Å²) in [5.74, 6) is -1.53. The van der Waals surface area contributed by atoms with E-state index in [9.17, 15) is 14.3 Å². The van der Waals surface area contributed by atoms with Gasteiger partial charge in [0.15, 0.2) is 12.2 Å². The summed E-state index contributed by atoms with van der Waals surface area (Å²) in [5.41, 5.74) is 1.29. The molecule has 8 heteroatoms. The van der Waals surface area contributed by atoms with Crippen molar-refractivity contribution in [2.24, 2.45) is 0 Å². The van der Waals surface area contributed by atoms with Gasteiger partial charge in [0.1, 0.15) is 6.10 Å². The van der Waals surface area contributed by atoms with E-state index in [4.69, 9.17) is 15.4 Å². The molecule has 3 unspecified atom stereocenters. The van der Waals surface area contributed by atoms with Crippen molar-refractivity contribution >= 4 is 14.0 Å². The minimum Gasteiger partial charge on any atom is -0.595 e. The van der Waals surface area contributed by atoms with Crippen molar-refractivity contribution in [1.82, 2.24) is 5.48 Å². The summed E-state index contributed by atoms with van der Waals surface area (Å²) in [6, 6.07) is -1.68. The molecule has 0 rings (SSSR count). The van der Waals surface area contributed by atoms with Gasteiger partial charge in [0.05, 0.1) is 0 Å². The lowest BCUT2D eigenvalue weighted by atomic mass is 10.2. The first-order chi connectivity index (χ1) is 5.49. The molecule has 4 N–H and O–H groups in total. The van der Waals surface area contributed by atoms with E-state index in [1.807, 2.05) is 0 Å². The molecule has 0 aromatic rings. The molecule has 0 radical (unpaired) electrons. The molecule has 3 atom stereocenters. The van der Waals surface area contributed by atoms with Gasteiger partial charge in [-0.2, -0.15) is 5.48 Å². The maximum atomic E-state index is 10.2. The van der Waals surface area contributed by atoms with Gasteiger partial charge in [-0.25, -0.2) is 0 Å². The second-order valence-electron chi connectivity index (χ2n) is 2.03. The van der Waals surface area contributed by atoms with Crippen molar-refractivity contribution < 1.29 is 29.7 Å². The predicted octanol–water partition coefficient (Wildman–Crippen LogP) is -2.12. The molecular formula is C4H8NO6P. The Kier molecular flexibility index (Phi) is 4.87. The van der Waals surface area contributed by atoms with Crippen LogP contribution in [0, 0.1) is 0 Å². The third-order valence-electron chi connectivity index (χ3n) is 1.13. The van der Waals surface area contributed by atoms with Gasteiger partial charge in [-0.3, -0.25) is 4.79 Å². The lowest BCUT2D eigenvalue weighted by Crippen LogP contribution is -2.46. The van der Waals surface area contributed by atoms with E-state index in [0.717, 1.165) is 0 Å². The zero-order chi connectivity index (χ0) is 9.72. The van der Waals surface area contributed by atoms with Crippen molar-refractivity contribution in [3.63, 3.8) is 0 Å². The van der Waals surface area contributed by atoms with Crippen molar-refractivity contribution in [2.75, 3.05) is 6.16 Å². The third-order valence-corrected chi connectivity index (χ3v) is 1.80. The largest absolute Gasteiger partial charge is 0.595 e. The zero-order valence-corrected chi connectivity index (χ0v) is 6.77. The van der Waals surface area contributed by atoms with E-state index in [1.54, 1.807) is 0 Å². The van der Waals surface area contributed by atoms with Crippen LogP contribution in [0.3, 0.4) is 0 Å². The van der Waals surface area contributed by atoms with E-state index >= 15 is 0 Å². The van der Waals surface area contributed by atoms with E-state index in [2.05, 4.69) is 0 Å². The molecule has 0 aromatic carbocycles. The van der Waals surface area contributed by atoms with Crippen LogP contribution in [-0.2, 0) is 9.36 Å².